The number of nitrogens with zero attached hydrogens (tertiary/aromatic N) is 3. The third-order valence-corrected chi connectivity index (χ3v) is 8.26. The van der Waals surface area contributed by atoms with E-state index >= 15 is 0 Å². The molecule has 0 bridgehead atoms. The molecule has 0 unspecified atom stereocenters. The summed E-state index contributed by atoms with van der Waals surface area (Å²) in [5, 5.41) is 2.87. The minimum absolute atomic E-state index is 0.415. The number of likely N-dealkylation sites (N-methyl/N-ethyl adjacent to an activating group) is 1. The molecule has 4 rings (SSSR count). The Morgan fingerprint density at radius 2 is 1.77 bits per heavy atom. The van der Waals surface area contributed by atoms with Gasteiger partial charge in [0, 0.05) is 30.1 Å². The summed E-state index contributed by atoms with van der Waals surface area (Å²) in [6.07, 6.45) is 8.15. The minimum Gasteiger partial charge on any atom is -0.364 e. The summed E-state index contributed by atoms with van der Waals surface area (Å²) in [4.78, 5) is 39.9. The van der Waals surface area contributed by atoms with Gasteiger partial charge in [-0.2, -0.15) is 0 Å². The van der Waals surface area contributed by atoms with Crippen LogP contribution in [0.1, 0.15) is 77.5 Å². The van der Waals surface area contributed by atoms with E-state index in [1.165, 1.54) is 56.7 Å². The lowest BCUT2D eigenvalue weighted by atomic mass is 9.91. The Morgan fingerprint density at radius 1 is 1.12 bits per heavy atom. The maximum absolute atomic E-state index is 11.0. The highest BCUT2D eigenvalue weighted by atomic mass is 32.1. The number of rotatable bonds is 4. The highest BCUT2D eigenvalue weighted by molar-refractivity contribution is 7.35. The second-order valence-corrected chi connectivity index (χ2v) is 12.3. The van der Waals surface area contributed by atoms with Gasteiger partial charge in [-0.3, -0.25) is 19.1 Å². The number of aryl methyl sites for hydroxylation is 2. The maximum Gasteiger partial charge on any atom is 0.313 e. The molecule has 0 atom stereocenters. The van der Waals surface area contributed by atoms with Gasteiger partial charge in [-0.25, -0.2) is 4.98 Å². The number of amides is 3. The fourth-order valence-electron chi connectivity index (χ4n) is 4.08. The van der Waals surface area contributed by atoms with Crippen LogP contribution in [0.2, 0.25) is 0 Å². The molecule has 1 saturated carbocycles. The van der Waals surface area contributed by atoms with Crippen molar-refractivity contribution in [1.29, 1.82) is 0 Å². The predicted octanol–water partition coefficient (Wildman–Crippen LogP) is 4.78. The summed E-state index contributed by atoms with van der Waals surface area (Å²) in [5.41, 5.74) is 13.6. The number of aromatic nitrogens is 1. The van der Waals surface area contributed by atoms with Crippen LogP contribution in [0.25, 0.3) is 0 Å². The monoisotopic (exact) mass is 590 g/mol. The molecule has 2 heterocycles. The van der Waals surface area contributed by atoms with Crippen LogP contribution in [0.5, 0.6) is 0 Å². The molecule has 5 N–H and O–H groups in total. The third kappa shape index (κ3) is 13.1. The Kier molecular flexibility index (Phi) is 16.5. The Balaban J connectivity index is 0.000000293. The zero-order chi connectivity index (χ0) is 30.2. The van der Waals surface area contributed by atoms with Gasteiger partial charge in [-0.1, -0.05) is 50.8 Å². The summed E-state index contributed by atoms with van der Waals surface area (Å²) < 4.78 is 2.22. The summed E-state index contributed by atoms with van der Waals surface area (Å²) in [5.74, 6) is 1.18. The number of nitrogens with two attached hydrogens (primary N) is 2. The molecule has 0 spiro atoms. The van der Waals surface area contributed by atoms with E-state index in [-0.39, 0.29) is 0 Å². The molecule has 2 aromatic rings. The number of hydrogen-bond acceptors (Lipinski definition) is 7. The van der Waals surface area contributed by atoms with Gasteiger partial charge in [0.1, 0.15) is 0 Å². The van der Waals surface area contributed by atoms with Crippen LogP contribution in [0.4, 0.5) is 5.69 Å². The highest BCUT2D eigenvalue weighted by Crippen LogP contribution is 2.24. The zero-order valence-corrected chi connectivity index (χ0v) is 26.8. The van der Waals surface area contributed by atoms with Crippen LogP contribution in [0, 0.1) is 19.8 Å². The van der Waals surface area contributed by atoms with Crippen molar-refractivity contribution in [3.8, 4) is 0 Å². The van der Waals surface area contributed by atoms with Gasteiger partial charge in [0.2, 0.25) is 0 Å². The number of hydrogen-bond donors (Lipinski definition) is 3. The van der Waals surface area contributed by atoms with Crippen molar-refractivity contribution in [3.63, 3.8) is 0 Å². The first-order valence-corrected chi connectivity index (χ1v) is 15.6. The van der Waals surface area contributed by atoms with E-state index in [0.717, 1.165) is 42.2 Å². The van der Waals surface area contributed by atoms with Crippen molar-refractivity contribution < 1.29 is 14.4 Å². The van der Waals surface area contributed by atoms with E-state index in [1.54, 1.807) is 6.07 Å². The number of benzene rings is 1. The van der Waals surface area contributed by atoms with E-state index in [0.29, 0.717) is 10.7 Å². The fourth-order valence-corrected chi connectivity index (χ4v) is 5.87. The van der Waals surface area contributed by atoms with Gasteiger partial charge in [-0.15, -0.1) is 11.3 Å². The van der Waals surface area contributed by atoms with Crippen molar-refractivity contribution in [2.24, 2.45) is 17.4 Å². The Bertz CT molecular complexity index is 1130. The molecule has 0 radical (unpaired) electrons. The van der Waals surface area contributed by atoms with Crippen molar-refractivity contribution >= 4 is 48.9 Å². The molecule has 1 fully saturated rings. The Labute approximate surface area is 245 Å². The highest BCUT2D eigenvalue weighted by Gasteiger charge is 2.19. The second kappa shape index (κ2) is 18.7. The summed E-state index contributed by atoms with van der Waals surface area (Å²) in [6.45, 7) is 9.70. The topological polar surface area (TPSA) is 135 Å². The van der Waals surface area contributed by atoms with Crippen LogP contribution in [-0.2, 0) is 22.6 Å². The molecule has 1 aromatic carbocycles. The average Bonchev–Trinajstić information content (AvgIpc) is 3.35. The summed E-state index contributed by atoms with van der Waals surface area (Å²) in [7, 11) is 7.70. The molecule has 1 aliphatic heterocycles. The lowest BCUT2D eigenvalue weighted by Crippen LogP contribution is -2.29. The minimum atomic E-state index is -0.982. The SMILES string of the molecule is CC.CN(C)P=CC1CCCCC1.CN1CCc2nc(C(N)=O)sc2C1.Cc1ccc(NC(=O)C(N)=O)c(C)c1. The molecule has 11 heteroatoms. The van der Waals surface area contributed by atoms with Gasteiger partial charge < -0.3 is 21.7 Å². The molecule has 3 amide bonds. The standard InChI is InChI=1S/C10H12N2O2.C9H18NP.C8H11N3OS.C2H6/c1-6-3-4-8(7(2)5-6)12-10(14)9(11)13;1-10(2)11-8-9-6-4-3-5-7-9;1-11-3-2-5-6(4-11)13-8(10-5)7(9)12;1-2/h3-5H,1-2H3,(H2,11,13)(H,12,14);8-9H,3-7H2,1-2H3;2-4H2,1H3,(H2,9,12);1-2H3. The van der Waals surface area contributed by atoms with Crippen LogP contribution in [0.15, 0.2) is 18.2 Å². The van der Waals surface area contributed by atoms with E-state index < -0.39 is 17.7 Å². The third-order valence-electron chi connectivity index (χ3n) is 6.15. The molecule has 0 saturated heterocycles. The van der Waals surface area contributed by atoms with Crippen LogP contribution >= 0.6 is 19.7 Å². The van der Waals surface area contributed by atoms with Gasteiger partial charge in [0.15, 0.2) is 5.01 Å². The molecule has 222 valence electrons. The normalized spacial score (nSPS) is 15.0. The number of thiazole rings is 1. The lowest BCUT2D eigenvalue weighted by molar-refractivity contribution is -0.134. The summed E-state index contributed by atoms with van der Waals surface area (Å²) in [6, 6.07) is 5.51. The van der Waals surface area contributed by atoms with Crippen LogP contribution in [0.3, 0.4) is 0 Å². The van der Waals surface area contributed by atoms with E-state index in [4.69, 9.17) is 11.5 Å². The fraction of sp³-hybridized carbons (Fsp3) is 0.552. The van der Waals surface area contributed by atoms with E-state index in [2.05, 4.69) is 46.8 Å². The first-order chi connectivity index (χ1) is 19.0. The largest absolute Gasteiger partial charge is 0.364 e. The number of carbonyl (C=O) groups is 3. The molecular weight excluding hydrogens is 543 g/mol. The zero-order valence-electron chi connectivity index (χ0n) is 25.1. The number of fused-ring (bicyclic) bond motifs is 1. The molecule has 2 aliphatic rings. The smallest absolute Gasteiger partial charge is 0.313 e. The second-order valence-electron chi connectivity index (χ2n) is 9.89. The van der Waals surface area contributed by atoms with Crippen LogP contribution < -0.4 is 16.8 Å². The Hall–Kier alpha value is -2.65. The molecule has 1 aromatic heterocycles. The number of nitrogens with one attached hydrogen (secondary N) is 1. The number of primary amides is 2. The van der Waals surface area contributed by atoms with Crippen LogP contribution in [-0.4, -0.2) is 65.8 Å². The average molecular weight is 591 g/mol. The van der Waals surface area contributed by atoms with Gasteiger partial charge in [0.05, 0.1) is 5.69 Å². The molecular formula is C29H47N6O3PS. The molecule has 9 nitrogen and oxygen atoms in total. The number of anilines is 1. The van der Waals surface area contributed by atoms with Crippen molar-refractivity contribution in [1.82, 2.24) is 14.6 Å². The number of carbonyl (C=O) groups excluding carboxylic acids is 3. The van der Waals surface area contributed by atoms with Gasteiger partial charge in [-0.05, 0) is 79.5 Å². The lowest BCUT2D eigenvalue weighted by Gasteiger charge is -2.20. The first-order valence-electron chi connectivity index (χ1n) is 13.8. The predicted molar refractivity (Wildman–Crippen MR) is 169 cm³/mol. The van der Waals surface area contributed by atoms with Gasteiger partial charge >= 0.3 is 11.8 Å². The quantitative estimate of drug-likeness (QED) is 0.347. The Morgan fingerprint density at radius 3 is 2.33 bits per heavy atom. The van der Waals surface area contributed by atoms with Gasteiger partial charge in [0.25, 0.3) is 5.91 Å². The van der Waals surface area contributed by atoms with Crippen molar-refractivity contribution in [3.05, 3.63) is 44.9 Å². The molecule has 40 heavy (non-hydrogen) atoms. The van der Waals surface area contributed by atoms with Crippen molar-refractivity contribution in [2.75, 3.05) is 33.0 Å². The first kappa shape index (κ1) is 35.4. The summed E-state index contributed by atoms with van der Waals surface area (Å²) >= 11 is 1.42. The van der Waals surface area contributed by atoms with Crippen molar-refractivity contribution in [2.45, 2.75) is 72.8 Å². The maximum atomic E-state index is 11.0. The molecule has 1 aliphatic carbocycles. The van der Waals surface area contributed by atoms with E-state index in [9.17, 15) is 14.4 Å². The van der Waals surface area contributed by atoms with E-state index in [1.807, 2.05) is 39.8 Å².